The fourth-order valence-electron chi connectivity index (χ4n) is 3.18. The van der Waals surface area contributed by atoms with Crippen molar-refractivity contribution in [2.75, 3.05) is 5.32 Å². The quantitative estimate of drug-likeness (QED) is 0.556. The fourth-order valence-corrected chi connectivity index (χ4v) is 3.18. The molecular weight excluding hydrogens is 342 g/mol. The van der Waals surface area contributed by atoms with Crippen molar-refractivity contribution in [3.8, 4) is 0 Å². The molecule has 0 bridgehead atoms. The summed E-state index contributed by atoms with van der Waals surface area (Å²) in [5, 5.41) is 3.42. The van der Waals surface area contributed by atoms with Crippen molar-refractivity contribution in [2.24, 2.45) is 4.99 Å². The highest BCUT2D eigenvalue weighted by Gasteiger charge is 2.18. The van der Waals surface area contributed by atoms with Crippen molar-refractivity contribution in [2.45, 2.75) is 12.8 Å². The number of aryl methyl sites for hydroxylation is 1. The number of halogens is 2. The Bertz CT molecular complexity index is 1000. The first-order valence-corrected chi connectivity index (χ1v) is 8.83. The van der Waals surface area contributed by atoms with E-state index in [1.165, 1.54) is 29.8 Å². The number of allylic oxidation sites excluding steroid dienone is 1. The minimum atomic E-state index is -0.279. The Morgan fingerprint density at radius 3 is 2.19 bits per heavy atom. The molecule has 27 heavy (non-hydrogen) atoms. The molecule has 0 amide bonds. The maximum Gasteiger partial charge on any atom is 0.123 e. The van der Waals surface area contributed by atoms with Crippen LogP contribution in [-0.4, -0.2) is 6.21 Å². The van der Waals surface area contributed by atoms with Crippen LogP contribution in [-0.2, 0) is 6.42 Å². The Morgan fingerprint density at radius 1 is 0.778 bits per heavy atom. The normalized spacial score (nSPS) is 13.7. The molecule has 0 saturated carbocycles. The number of anilines is 1. The zero-order chi connectivity index (χ0) is 18.6. The molecule has 0 saturated heterocycles. The molecule has 1 N–H and O–H groups in total. The van der Waals surface area contributed by atoms with E-state index < -0.39 is 0 Å². The molecule has 4 heteroatoms. The predicted molar refractivity (Wildman–Crippen MR) is 106 cm³/mol. The third-order valence-corrected chi connectivity index (χ3v) is 4.58. The molecule has 2 nitrogen and oxygen atoms in total. The van der Waals surface area contributed by atoms with Crippen LogP contribution in [0.2, 0.25) is 0 Å². The van der Waals surface area contributed by atoms with Gasteiger partial charge in [-0.05, 0) is 72.5 Å². The Morgan fingerprint density at radius 2 is 1.44 bits per heavy atom. The van der Waals surface area contributed by atoms with Gasteiger partial charge in [-0.25, -0.2) is 8.78 Å². The maximum atomic E-state index is 13.2. The van der Waals surface area contributed by atoms with Crippen molar-refractivity contribution in [1.29, 1.82) is 0 Å². The summed E-state index contributed by atoms with van der Waals surface area (Å²) >= 11 is 0. The summed E-state index contributed by atoms with van der Waals surface area (Å²) in [4.78, 5) is 4.50. The van der Waals surface area contributed by atoms with E-state index in [1.807, 2.05) is 18.3 Å². The van der Waals surface area contributed by atoms with Gasteiger partial charge in [-0.3, -0.25) is 4.99 Å². The first-order chi connectivity index (χ1) is 13.2. The summed E-state index contributed by atoms with van der Waals surface area (Å²) in [5.41, 5.74) is 5.92. The van der Waals surface area contributed by atoms with Crippen LogP contribution >= 0.6 is 0 Å². The standard InChI is InChI=1S/C23H18F2N2/c24-18-7-11-20(12-8-18)26-15-17-6-5-16-3-1-2-4-22(16)23(17)27-21-13-9-19(25)10-14-21/h1-4,7-15,27H,5-6H2. The van der Waals surface area contributed by atoms with E-state index in [-0.39, 0.29) is 11.6 Å². The van der Waals surface area contributed by atoms with Crippen LogP contribution in [0.3, 0.4) is 0 Å². The molecule has 0 spiro atoms. The Labute approximate surface area is 156 Å². The minimum absolute atomic E-state index is 0.267. The lowest BCUT2D eigenvalue weighted by Gasteiger charge is -2.23. The van der Waals surface area contributed by atoms with E-state index in [0.29, 0.717) is 5.69 Å². The molecule has 4 rings (SSSR count). The third-order valence-electron chi connectivity index (χ3n) is 4.58. The molecule has 0 aromatic heterocycles. The average molecular weight is 360 g/mol. The van der Waals surface area contributed by atoms with Crippen LogP contribution in [0.1, 0.15) is 17.5 Å². The van der Waals surface area contributed by atoms with Crippen molar-refractivity contribution in [1.82, 2.24) is 0 Å². The number of fused-ring (bicyclic) bond motifs is 1. The van der Waals surface area contributed by atoms with E-state index in [1.54, 1.807) is 24.3 Å². The van der Waals surface area contributed by atoms with E-state index >= 15 is 0 Å². The highest BCUT2D eigenvalue weighted by atomic mass is 19.1. The molecule has 0 heterocycles. The zero-order valence-electron chi connectivity index (χ0n) is 14.6. The van der Waals surface area contributed by atoms with Crippen LogP contribution in [0, 0.1) is 11.6 Å². The van der Waals surface area contributed by atoms with Gasteiger partial charge in [0, 0.05) is 17.5 Å². The lowest BCUT2D eigenvalue weighted by molar-refractivity contribution is 0.627. The van der Waals surface area contributed by atoms with Crippen LogP contribution in [0.4, 0.5) is 20.2 Å². The largest absolute Gasteiger partial charge is 0.355 e. The second kappa shape index (κ2) is 7.54. The molecule has 1 aliphatic carbocycles. The molecule has 0 unspecified atom stereocenters. The Balaban J connectivity index is 1.72. The van der Waals surface area contributed by atoms with Crippen molar-refractivity contribution >= 4 is 23.3 Å². The van der Waals surface area contributed by atoms with Gasteiger partial charge in [-0.2, -0.15) is 0 Å². The first-order valence-electron chi connectivity index (χ1n) is 8.83. The summed E-state index contributed by atoms with van der Waals surface area (Å²) in [5.74, 6) is -0.546. The molecule has 0 atom stereocenters. The summed E-state index contributed by atoms with van der Waals surface area (Å²) in [6.07, 6.45) is 3.59. The zero-order valence-corrected chi connectivity index (χ0v) is 14.6. The molecule has 134 valence electrons. The average Bonchev–Trinajstić information content (AvgIpc) is 2.70. The van der Waals surface area contributed by atoms with Gasteiger partial charge in [-0.15, -0.1) is 0 Å². The lowest BCUT2D eigenvalue weighted by atomic mass is 9.89. The van der Waals surface area contributed by atoms with Gasteiger partial charge < -0.3 is 5.32 Å². The van der Waals surface area contributed by atoms with Crippen LogP contribution in [0.5, 0.6) is 0 Å². The Kier molecular flexibility index (Phi) is 4.79. The molecule has 0 fully saturated rings. The monoisotopic (exact) mass is 360 g/mol. The SMILES string of the molecule is Fc1ccc(N=CC2=C(Nc3ccc(F)cc3)c3ccccc3CC2)cc1. The smallest absolute Gasteiger partial charge is 0.123 e. The number of benzene rings is 3. The highest BCUT2D eigenvalue weighted by Crippen LogP contribution is 2.32. The van der Waals surface area contributed by atoms with E-state index in [4.69, 9.17) is 0 Å². The summed E-state index contributed by atoms with van der Waals surface area (Å²) in [6, 6.07) is 20.6. The van der Waals surface area contributed by atoms with Crippen molar-refractivity contribution in [3.63, 3.8) is 0 Å². The third kappa shape index (κ3) is 3.95. The van der Waals surface area contributed by atoms with Gasteiger partial charge in [0.05, 0.1) is 11.4 Å². The molecular formula is C23H18F2N2. The van der Waals surface area contributed by atoms with Crippen LogP contribution < -0.4 is 5.32 Å². The van der Waals surface area contributed by atoms with E-state index in [9.17, 15) is 8.78 Å². The molecule has 0 aliphatic heterocycles. The lowest BCUT2D eigenvalue weighted by Crippen LogP contribution is -2.12. The fraction of sp³-hybridized carbons (Fsp3) is 0.0870. The van der Waals surface area contributed by atoms with E-state index in [2.05, 4.69) is 22.4 Å². The van der Waals surface area contributed by atoms with Gasteiger partial charge in [0.2, 0.25) is 0 Å². The van der Waals surface area contributed by atoms with Crippen LogP contribution in [0.25, 0.3) is 5.70 Å². The molecule has 3 aromatic carbocycles. The van der Waals surface area contributed by atoms with Crippen molar-refractivity contribution in [3.05, 3.63) is 101 Å². The summed E-state index contributed by atoms with van der Waals surface area (Å²) in [6.45, 7) is 0. The van der Waals surface area contributed by atoms with Crippen LogP contribution in [0.15, 0.2) is 83.4 Å². The topological polar surface area (TPSA) is 24.4 Å². The number of nitrogens with one attached hydrogen (secondary N) is 1. The second-order valence-electron chi connectivity index (χ2n) is 6.42. The van der Waals surface area contributed by atoms with Gasteiger partial charge in [0.25, 0.3) is 0 Å². The first kappa shape index (κ1) is 17.2. The predicted octanol–water partition coefficient (Wildman–Crippen LogP) is 6.14. The maximum absolute atomic E-state index is 13.2. The molecule has 1 aliphatic rings. The van der Waals surface area contributed by atoms with Gasteiger partial charge >= 0.3 is 0 Å². The number of nitrogens with zero attached hydrogens (tertiary/aromatic N) is 1. The number of hydrogen-bond donors (Lipinski definition) is 1. The Hall–Kier alpha value is -3.27. The van der Waals surface area contributed by atoms with Gasteiger partial charge in [-0.1, -0.05) is 24.3 Å². The summed E-state index contributed by atoms with van der Waals surface area (Å²) in [7, 11) is 0. The van der Waals surface area contributed by atoms with E-state index in [0.717, 1.165) is 35.4 Å². The van der Waals surface area contributed by atoms with Gasteiger partial charge in [0.15, 0.2) is 0 Å². The highest BCUT2D eigenvalue weighted by molar-refractivity contribution is 5.97. The van der Waals surface area contributed by atoms with Gasteiger partial charge in [0.1, 0.15) is 11.6 Å². The number of hydrogen-bond acceptors (Lipinski definition) is 2. The molecule has 0 radical (unpaired) electrons. The molecule has 3 aromatic rings. The van der Waals surface area contributed by atoms with Crippen molar-refractivity contribution < 1.29 is 8.78 Å². The number of aliphatic imine (C=N–C) groups is 1. The second-order valence-corrected chi connectivity index (χ2v) is 6.42. The number of rotatable bonds is 4. The minimum Gasteiger partial charge on any atom is -0.355 e. The summed E-state index contributed by atoms with van der Waals surface area (Å²) < 4.78 is 26.3.